The maximum absolute atomic E-state index is 12.1. The molecular formula is C14H9NOS. The second-order valence-electron chi connectivity index (χ2n) is 3.69. The molecule has 0 N–H and O–H groups in total. The van der Waals surface area contributed by atoms with Crippen LogP contribution in [0.1, 0.15) is 16.1 Å². The number of aromatic nitrogens is 1. The molecule has 0 bridgehead atoms. The molecule has 0 radical (unpaired) electrons. The zero-order chi connectivity index (χ0) is 11.7. The number of benzene rings is 1. The summed E-state index contributed by atoms with van der Waals surface area (Å²) in [6.45, 7) is 0. The fraction of sp³-hybridized carbons (Fsp3) is 0. The molecule has 0 spiro atoms. The number of thioether (sulfide) groups is 1. The van der Waals surface area contributed by atoms with Gasteiger partial charge in [0.2, 0.25) is 5.78 Å². The van der Waals surface area contributed by atoms with Crippen molar-refractivity contribution in [3.8, 4) is 0 Å². The molecule has 1 aromatic carbocycles. The highest BCUT2D eigenvalue weighted by Crippen LogP contribution is 2.40. The van der Waals surface area contributed by atoms with Crippen LogP contribution >= 0.6 is 11.8 Å². The van der Waals surface area contributed by atoms with Crippen LogP contribution < -0.4 is 0 Å². The van der Waals surface area contributed by atoms with Gasteiger partial charge in [-0.15, -0.1) is 0 Å². The first-order valence-electron chi connectivity index (χ1n) is 5.29. The third-order valence-corrected chi connectivity index (χ3v) is 3.64. The number of pyridine rings is 1. The van der Waals surface area contributed by atoms with Gasteiger partial charge in [-0.05, 0) is 30.3 Å². The molecule has 0 aliphatic carbocycles. The number of carbonyl (C=O) groups excluding carboxylic acids is 1. The van der Waals surface area contributed by atoms with E-state index in [2.05, 4.69) is 4.98 Å². The third kappa shape index (κ3) is 1.89. The largest absolute Gasteiger partial charge is 0.288 e. The van der Waals surface area contributed by atoms with Crippen LogP contribution in [0.3, 0.4) is 0 Å². The topological polar surface area (TPSA) is 30.0 Å². The van der Waals surface area contributed by atoms with Gasteiger partial charge in [-0.3, -0.25) is 9.78 Å². The van der Waals surface area contributed by atoms with E-state index in [0.717, 1.165) is 21.1 Å². The summed E-state index contributed by atoms with van der Waals surface area (Å²) in [7, 11) is 0. The predicted molar refractivity (Wildman–Crippen MR) is 68.8 cm³/mol. The molecule has 1 aliphatic heterocycles. The Balaban J connectivity index is 2.00. The molecule has 0 atom stereocenters. The summed E-state index contributed by atoms with van der Waals surface area (Å²) in [4.78, 5) is 18.0. The minimum atomic E-state index is 0.0938. The Bertz CT molecular complexity index is 605. The number of hydrogen-bond donors (Lipinski definition) is 0. The van der Waals surface area contributed by atoms with E-state index >= 15 is 0 Å². The van der Waals surface area contributed by atoms with E-state index in [9.17, 15) is 4.79 Å². The van der Waals surface area contributed by atoms with Crippen LogP contribution in [-0.4, -0.2) is 10.8 Å². The van der Waals surface area contributed by atoms with Crippen molar-refractivity contribution in [3.05, 3.63) is 64.8 Å². The molecule has 0 amide bonds. The number of Topliss-reactive ketones (excluding diaryl/α,β-unsaturated/α-hetero) is 1. The Morgan fingerprint density at radius 3 is 2.65 bits per heavy atom. The Labute approximate surface area is 103 Å². The van der Waals surface area contributed by atoms with Gasteiger partial charge in [0, 0.05) is 16.7 Å². The molecule has 0 saturated heterocycles. The maximum Gasteiger partial charge on any atom is 0.200 e. The Morgan fingerprint density at radius 1 is 1.06 bits per heavy atom. The summed E-state index contributed by atoms with van der Waals surface area (Å²) >= 11 is 1.51. The van der Waals surface area contributed by atoms with Crippen molar-refractivity contribution < 1.29 is 4.79 Å². The van der Waals surface area contributed by atoms with Crippen LogP contribution in [-0.2, 0) is 0 Å². The summed E-state index contributed by atoms with van der Waals surface area (Å²) in [5.41, 5.74) is 1.61. The van der Waals surface area contributed by atoms with Crippen LogP contribution in [0.2, 0.25) is 0 Å². The number of allylic oxidation sites excluding steroid dienone is 1. The van der Waals surface area contributed by atoms with Crippen LogP contribution in [0.5, 0.6) is 0 Å². The molecule has 1 aromatic heterocycles. The number of nitrogens with zero attached hydrogens (tertiary/aromatic N) is 1. The molecule has 2 aromatic rings. The number of hydrogen-bond acceptors (Lipinski definition) is 3. The number of carbonyl (C=O) groups is 1. The molecule has 3 rings (SSSR count). The van der Waals surface area contributed by atoms with E-state index in [1.165, 1.54) is 11.8 Å². The summed E-state index contributed by atoms with van der Waals surface area (Å²) in [6.07, 6.45) is 3.57. The van der Waals surface area contributed by atoms with Gasteiger partial charge in [0.25, 0.3) is 0 Å². The second kappa shape index (κ2) is 4.18. The lowest BCUT2D eigenvalue weighted by Gasteiger charge is -1.94. The summed E-state index contributed by atoms with van der Waals surface area (Å²) < 4.78 is 0. The smallest absolute Gasteiger partial charge is 0.200 e. The van der Waals surface area contributed by atoms with E-state index in [1.54, 1.807) is 6.20 Å². The minimum Gasteiger partial charge on any atom is -0.288 e. The predicted octanol–water partition coefficient (Wildman–Crippen LogP) is 3.41. The van der Waals surface area contributed by atoms with Crippen LogP contribution in [0, 0.1) is 0 Å². The lowest BCUT2D eigenvalue weighted by atomic mass is 10.1. The molecule has 17 heavy (non-hydrogen) atoms. The molecule has 1 aliphatic rings. The van der Waals surface area contributed by atoms with Crippen molar-refractivity contribution in [2.24, 2.45) is 0 Å². The van der Waals surface area contributed by atoms with Gasteiger partial charge in [0.05, 0.1) is 10.6 Å². The molecule has 0 fully saturated rings. The first-order chi connectivity index (χ1) is 8.34. The summed E-state index contributed by atoms with van der Waals surface area (Å²) in [5, 5.41) is 0. The van der Waals surface area contributed by atoms with Gasteiger partial charge in [-0.1, -0.05) is 30.0 Å². The fourth-order valence-electron chi connectivity index (χ4n) is 1.73. The van der Waals surface area contributed by atoms with Crippen LogP contribution in [0.25, 0.3) is 6.08 Å². The van der Waals surface area contributed by atoms with Gasteiger partial charge in [0.1, 0.15) is 0 Å². The second-order valence-corrected chi connectivity index (χ2v) is 4.77. The van der Waals surface area contributed by atoms with Crippen LogP contribution in [0.4, 0.5) is 0 Å². The zero-order valence-corrected chi connectivity index (χ0v) is 9.78. The van der Waals surface area contributed by atoms with Gasteiger partial charge in [-0.25, -0.2) is 0 Å². The third-order valence-electron chi connectivity index (χ3n) is 2.54. The molecule has 0 unspecified atom stereocenters. The van der Waals surface area contributed by atoms with Crippen molar-refractivity contribution in [2.75, 3.05) is 0 Å². The van der Waals surface area contributed by atoms with Gasteiger partial charge < -0.3 is 0 Å². The fourth-order valence-corrected chi connectivity index (χ4v) is 2.77. The van der Waals surface area contributed by atoms with E-state index in [0.29, 0.717) is 0 Å². The summed E-state index contributed by atoms with van der Waals surface area (Å²) in [5.74, 6) is 0.0938. The van der Waals surface area contributed by atoms with Crippen molar-refractivity contribution in [1.82, 2.24) is 4.98 Å². The lowest BCUT2D eigenvalue weighted by molar-refractivity contribution is 0.104. The number of rotatable bonds is 1. The lowest BCUT2D eigenvalue weighted by Crippen LogP contribution is -1.93. The Hall–Kier alpha value is -1.87. The quantitative estimate of drug-likeness (QED) is 0.714. The number of fused-ring (bicyclic) bond motifs is 1. The highest BCUT2D eigenvalue weighted by molar-refractivity contribution is 8.04. The summed E-state index contributed by atoms with van der Waals surface area (Å²) in [6, 6.07) is 13.3. The monoisotopic (exact) mass is 239 g/mol. The van der Waals surface area contributed by atoms with Crippen LogP contribution in [0.15, 0.2) is 58.5 Å². The average molecular weight is 239 g/mol. The average Bonchev–Trinajstić information content (AvgIpc) is 2.68. The molecule has 2 heterocycles. The van der Waals surface area contributed by atoms with Crippen molar-refractivity contribution >= 4 is 23.6 Å². The van der Waals surface area contributed by atoms with Crippen molar-refractivity contribution in [2.45, 2.75) is 4.90 Å². The molecule has 2 nitrogen and oxygen atoms in total. The highest BCUT2D eigenvalue weighted by Gasteiger charge is 2.25. The normalized spacial score (nSPS) is 16.2. The van der Waals surface area contributed by atoms with E-state index in [1.807, 2.05) is 48.5 Å². The van der Waals surface area contributed by atoms with Crippen molar-refractivity contribution in [1.29, 1.82) is 0 Å². The van der Waals surface area contributed by atoms with Gasteiger partial charge >= 0.3 is 0 Å². The molecule has 82 valence electrons. The van der Waals surface area contributed by atoms with Gasteiger partial charge in [0.15, 0.2) is 0 Å². The number of ketones is 1. The van der Waals surface area contributed by atoms with E-state index in [4.69, 9.17) is 0 Å². The first kappa shape index (κ1) is 10.3. The van der Waals surface area contributed by atoms with E-state index < -0.39 is 0 Å². The standard InChI is InChI=1S/C14H9NOS/c16-14-11-6-1-2-7-12(11)17-13(14)9-10-5-3-4-8-15-10/h1-9H/b13-9+. The molecule has 0 saturated carbocycles. The van der Waals surface area contributed by atoms with Gasteiger partial charge in [-0.2, -0.15) is 0 Å². The zero-order valence-electron chi connectivity index (χ0n) is 8.96. The van der Waals surface area contributed by atoms with E-state index in [-0.39, 0.29) is 5.78 Å². The highest BCUT2D eigenvalue weighted by atomic mass is 32.2. The molecule has 3 heteroatoms. The Morgan fingerprint density at radius 2 is 1.88 bits per heavy atom. The SMILES string of the molecule is O=C1/C(=C\c2ccccn2)Sc2ccccc21. The first-order valence-corrected chi connectivity index (χ1v) is 6.10. The minimum absolute atomic E-state index is 0.0938. The van der Waals surface area contributed by atoms with Crippen molar-refractivity contribution in [3.63, 3.8) is 0 Å². The Kier molecular flexibility index (Phi) is 2.53. The molecular weight excluding hydrogens is 230 g/mol. The maximum atomic E-state index is 12.1.